The van der Waals surface area contributed by atoms with E-state index in [1.54, 1.807) is 31.5 Å². The van der Waals surface area contributed by atoms with Crippen LogP contribution in [0.15, 0.2) is 24.5 Å². The van der Waals surface area contributed by atoms with Gasteiger partial charge in [0.05, 0.1) is 25.2 Å². The summed E-state index contributed by atoms with van der Waals surface area (Å²) in [6, 6.07) is 3.54. The molecule has 0 fully saturated rings. The van der Waals surface area contributed by atoms with Gasteiger partial charge in [-0.1, -0.05) is 6.07 Å². The smallest absolute Gasteiger partial charge is 0.225 e. The molecule has 5 nitrogen and oxygen atoms in total. The number of carbonyl (C=O) groups is 1. The molecule has 16 heavy (non-hydrogen) atoms. The zero-order valence-electron chi connectivity index (χ0n) is 9.18. The number of amides is 1. The summed E-state index contributed by atoms with van der Waals surface area (Å²) in [6.45, 7) is 0.971. The van der Waals surface area contributed by atoms with Crippen LogP contribution in [-0.4, -0.2) is 39.9 Å². The van der Waals surface area contributed by atoms with Gasteiger partial charge < -0.3 is 15.5 Å². The molecule has 0 aliphatic heterocycles. The van der Waals surface area contributed by atoms with Crippen LogP contribution in [0.1, 0.15) is 12.5 Å². The third-order valence-electron chi connectivity index (χ3n) is 2.23. The third-order valence-corrected chi connectivity index (χ3v) is 2.23. The molecule has 88 valence electrons. The van der Waals surface area contributed by atoms with Crippen molar-refractivity contribution >= 4 is 5.91 Å². The van der Waals surface area contributed by atoms with Crippen LogP contribution in [0.2, 0.25) is 0 Å². The summed E-state index contributed by atoms with van der Waals surface area (Å²) in [6.07, 6.45) is 3.42. The Balaban J connectivity index is 2.54. The maximum absolute atomic E-state index is 11.6. The molecule has 0 radical (unpaired) electrons. The van der Waals surface area contributed by atoms with Gasteiger partial charge in [0, 0.05) is 12.4 Å². The Morgan fingerprint density at radius 1 is 1.50 bits per heavy atom. The lowest BCUT2D eigenvalue weighted by molar-refractivity contribution is -0.123. The van der Waals surface area contributed by atoms with E-state index in [-0.39, 0.29) is 25.5 Å². The Labute approximate surface area is 94.1 Å². The first-order valence-electron chi connectivity index (χ1n) is 5.01. The lowest BCUT2D eigenvalue weighted by Crippen LogP contribution is -2.52. The SMILES string of the molecule is CC(CO)(CO)NC(=O)Cc1cccnc1. The fourth-order valence-electron chi connectivity index (χ4n) is 1.20. The van der Waals surface area contributed by atoms with E-state index in [0.717, 1.165) is 5.56 Å². The van der Waals surface area contributed by atoms with Crippen molar-refractivity contribution in [1.82, 2.24) is 10.3 Å². The van der Waals surface area contributed by atoms with Crippen molar-refractivity contribution in [2.75, 3.05) is 13.2 Å². The third kappa shape index (κ3) is 3.60. The molecule has 5 heteroatoms. The predicted octanol–water partition coefficient (Wildman–Crippen LogP) is -0.516. The van der Waals surface area contributed by atoms with Gasteiger partial charge in [-0.2, -0.15) is 0 Å². The Morgan fingerprint density at radius 3 is 2.69 bits per heavy atom. The van der Waals surface area contributed by atoms with Gasteiger partial charge in [-0.05, 0) is 18.6 Å². The van der Waals surface area contributed by atoms with Crippen LogP contribution >= 0.6 is 0 Å². The van der Waals surface area contributed by atoms with Gasteiger partial charge in [-0.3, -0.25) is 9.78 Å². The van der Waals surface area contributed by atoms with E-state index in [1.807, 2.05) is 0 Å². The van der Waals surface area contributed by atoms with Crippen molar-refractivity contribution in [3.05, 3.63) is 30.1 Å². The Bertz CT molecular complexity index is 336. The van der Waals surface area contributed by atoms with Crippen LogP contribution in [0.25, 0.3) is 0 Å². The van der Waals surface area contributed by atoms with Crippen LogP contribution in [0.3, 0.4) is 0 Å². The van der Waals surface area contributed by atoms with E-state index in [2.05, 4.69) is 10.3 Å². The van der Waals surface area contributed by atoms with Crippen molar-refractivity contribution in [1.29, 1.82) is 0 Å². The van der Waals surface area contributed by atoms with Crippen LogP contribution in [-0.2, 0) is 11.2 Å². The molecule has 0 spiro atoms. The number of nitrogens with zero attached hydrogens (tertiary/aromatic N) is 1. The molecule has 0 atom stereocenters. The number of hydrogen-bond acceptors (Lipinski definition) is 4. The molecule has 0 bridgehead atoms. The molecular formula is C11H16N2O3. The average molecular weight is 224 g/mol. The number of aromatic nitrogens is 1. The van der Waals surface area contributed by atoms with E-state index in [1.165, 1.54) is 0 Å². The fourth-order valence-corrected chi connectivity index (χ4v) is 1.20. The lowest BCUT2D eigenvalue weighted by Gasteiger charge is -2.26. The molecule has 0 aliphatic carbocycles. The van der Waals surface area contributed by atoms with Crippen LogP contribution in [0.4, 0.5) is 0 Å². The van der Waals surface area contributed by atoms with E-state index in [9.17, 15) is 4.79 Å². The Morgan fingerprint density at radius 2 is 2.19 bits per heavy atom. The number of hydrogen-bond donors (Lipinski definition) is 3. The zero-order valence-corrected chi connectivity index (χ0v) is 9.18. The molecule has 1 aromatic rings. The number of rotatable bonds is 5. The number of carbonyl (C=O) groups excluding carboxylic acids is 1. The highest BCUT2D eigenvalue weighted by Gasteiger charge is 2.24. The lowest BCUT2D eigenvalue weighted by atomic mass is 10.0. The first-order chi connectivity index (χ1) is 7.59. The second-order valence-electron chi connectivity index (χ2n) is 3.96. The molecule has 0 aromatic carbocycles. The van der Waals surface area contributed by atoms with E-state index < -0.39 is 5.54 Å². The first-order valence-corrected chi connectivity index (χ1v) is 5.01. The molecule has 0 saturated carbocycles. The van der Waals surface area contributed by atoms with Crippen LogP contribution in [0.5, 0.6) is 0 Å². The molecule has 1 rings (SSSR count). The minimum absolute atomic E-state index is 0.184. The second kappa shape index (κ2) is 5.58. The highest BCUT2D eigenvalue weighted by Crippen LogP contribution is 2.03. The van der Waals surface area contributed by atoms with Gasteiger partial charge in [-0.25, -0.2) is 0 Å². The quantitative estimate of drug-likeness (QED) is 0.628. The number of nitrogens with one attached hydrogen (secondary N) is 1. The second-order valence-corrected chi connectivity index (χ2v) is 3.96. The molecule has 3 N–H and O–H groups in total. The molecular weight excluding hydrogens is 208 g/mol. The molecule has 1 aromatic heterocycles. The Hall–Kier alpha value is -1.46. The summed E-state index contributed by atoms with van der Waals surface area (Å²) in [5, 5.41) is 20.6. The van der Waals surface area contributed by atoms with Crippen LogP contribution in [0, 0.1) is 0 Å². The number of aliphatic hydroxyl groups excluding tert-OH is 2. The van der Waals surface area contributed by atoms with Crippen LogP contribution < -0.4 is 5.32 Å². The monoisotopic (exact) mass is 224 g/mol. The first kappa shape index (κ1) is 12.6. The molecule has 1 amide bonds. The van der Waals surface area contributed by atoms with Gasteiger partial charge in [0.15, 0.2) is 0 Å². The normalized spacial score (nSPS) is 11.2. The standard InChI is InChI=1S/C11H16N2O3/c1-11(7-14,8-15)13-10(16)5-9-3-2-4-12-6-9/h2-4,6,14-15H,5,7-8H2,1H3,(H,13,16). The van der Waals surface area contributed by atoms with Gasteiger partial charge in [0.2, 0.25) is 5.91 Å². The minimum Gasteiger partial charge on any atom is -0.394 e. The molecule has 0 aliphatic rings. The van der Waals surface area contributed by atoms with Crippen molar-refractivity contribution in [3.8, 4) is 0 Å². The maximum atomic E-state index is 11.6. The minimum atomic E-state index is -0.973. The maximum Gasteiger partial charge on any atom is 0.225 e. The molecule has 0 unspecified atom stereocenters. The largest absolute Gasteiger partial charge is 0.394 e. The van der Waals surface area contributed by atoms with E-state index in [0.29, 0.717) is 0 Å². The number of pyridine rings is 1. The summed E-state index contributed by atoms with van der Waals surface area (Å²) < 4.78 is 0. The predicted molar refractivity (Wildman–Crippen MR) is 58.7 cm³/mol. The van der Waals surface area contributed by atoms with Crippen molar-refractivity contribution < 1.29 is 15.0 Å². The van der Waals surface area contributed by atoms with Gasteiger partial charge in [0.1, 0.15) is 0 Å². The summed E-state index contributed by atoms with van der Waals surface area (Å²) in [5.41, 5.74) is -0.183. The van der Waals surface area contributed by atoms with Crippen molar-refractivity contribution in [2.24, 2.45) is 0 Å². The summed E-state index contributed by atoms with van der Waals surface area (Å²) in [4.78, 5) is 15.5. The number of aliphatic hydroxyl groups is 2. The average Bonchev–Trinajstić information content (AvgIpc) is 2.30. The Kier molecular flexibility index (Phi) is 4.39. The van der Waals surface area contributed by atoms with Gasteiger partial charge >= 0.3 is 0 Å². The molecule has 1 heterocycles. The highest BCUT2D eigenvalue weighted by atomic mass is 16.3. The highest BCUT2D eigenvalue weighted by molar-refractivity contribution is 5.79. The van der Waals surface area contributed by atoms with Gasteiger partial charge in [0.25, 0.3) is 0 Å². The summed E-state index contributed by atoms with van der Waals surface area (Å²) in [7, 11) is 0. The van der Waals surface area contributed by atoms with E-state index >= 15 is 0 Å². The van der Waals surface area contributed by atoms with E-state index in [4.69, 9.17) is 10.2 Å². The molecule has 0 saturated heterocycles. The van der Waals surface area contributed by atoms with Gasteiger partial charge in [-0.15, -0.1) is 0 Å². The summed E-state index contributed by atoms with van der Waals surface area (Å²) >= 11 is 0. The van der Waals surface area contributed by atoms with Crippen molar-refractivity contribution in [2.45, 2.75) is 18.9 Å². The topological polar surface area (TPSA) is 82.5 Å². The van der Waals surface area contributed by atoms with Crippen molar-refractivity contribution in [3.63, 3.8) is 0 Å². The fraction of sp³-hybridized carbons (Fsp3) is 0.455. The zero-order chi connectivity index (χ0) is 12.0. The summed E-state index contributed by atoms with van der Waals surface area (Å²) in [5.74, 6) is -0.251.